The van der Waals surface area contributed by atoms with Crippen LogP contribution in [-0.4, -0.2) is 12.6 Å². The first-order valence-electron chi connectivity index (χ1n) is 4.99. The van der Waals surface area contributed by atoms with Crippen molar-refractivity contribution >= 4 is 0 Å². The van der Waals surface area contributed by atoms with Crippen molar-refractivity contribution in [2.24, 2.45) is 0 Å². The summed E-state index contributed by atoms with van der Waals surface area (Å²) in [6, 6.07) is 5.09. The third-order valence-electron chi connectivity index (χ3n) is 2.10. The minimum Gasteiger partial charge on any atom is -0.489 e. The molecule has 1 aromatic rings. The van der Waals surface area contributed by atoms with Crippen molar-refractivity contribution in [2.75, 3.05) is 6.61 Å². The highest BCUT2D eigenvalue weighted by Gasteiger charge is 2.16. The van der Waals surface area contributed by atoms with Crippen LogP contribution in [0.3, 0.4) is 0 Å². The fourth-order valence-corrected chi connectivity index (χ4v) is 1.33. The monoisotopic (exact) mass is 230 g/mol. The number of halogens is 1. The van der Waals surface area contributed by atoms with Gasteiger partial charge >= 0.3 is 6.04 Å². The highest BCUT2D eigenvalue weighted by Crippen LogP contribution is 2.22. The lowest BCUT2D eigenvalue weighted by Crippen LogP contribution is -2.06. The summed E-state index contributed by atoms with van der Waals surface area (Å²) in [4.78, 5) is 3.14. The van der Waals surface area contributed by atoms with Crippen molar-refractivity contribution in [1.29, 1.82) is 5.26 Å². The summed E-state index contributed by atoms with van der Waals surface area (Å²) in [5, 5.41) is 8.71. The molecule has 1 unspecified atom stereocenters. The molecule has 0 radical (unpaired) electrons. The fraction of sp³-hybridized carbons (Fsp3) is 0.231. The molecule has 0 saturated carbocycles. The van der Waals surface area contributed by atoms with Gasteiger partial charge in [0.05, 0.1) is 6.42 Å². The van der Waals surface area contributed by atoms with E-state index in [1.165, 1.54) is 18.2 Å². The fourth-order valence-electron chi connectivity index (χ4n) is 1.33. The Kier molecular flexibility index (Phi) is 4.72. The smallest absolute Gasteiger partial charge is 0.311 e. The molecule has 0 fully saturated rings. The van der Waals surface area contributed by atoms with E-state index in [4.69, 9.17) is 16.6 Å². The first kappa shape index (κ1) is 12.7. The normalized spacial score (nSPS) is 11.0. The number of nitriles is 1. The molecule has 0 N–H and O–H groups in total. The third kappa shape index (κ3) is 3.62. The van der Waals surface area contributed by atoms with Crippen LogP contribution >= 0.6 is 0 Å². The van der Waals surface area contributed by atoms with E-state index in [0.29, 0.717) is 17.9 Å². The predicted octanol–water partition coefficient (Wildman–Crippen LogP) is 2.74. The summed E-state index contributed by atoms with van der Waals surface area (Å²) in [5.41, 5.74) is 0.523. The van der Waals surface area contributed by atoms with E-state index in [1.54, 1.807) is 6.08 Å². The number of nitrogens with zero attached hydrogens (tertiary/aromatic N) is 2. The molecule has 3 nitrogen and oxygen atoms in total. The van der Waals surface area contributed by atoms with E-state index < -0.39 is 11.9 Å². The highest BCUT2D eigenvalue weighted by atomic mass is 19.1. The molecule has 0 bridgehead atoms. The Morgan fingerprint density at radius 1 is 1.65 bits per heavy atom. The largest absolute Gasteiger partial charge is 0.489 e. The summed E-state index contributed by atoms with van der Waals surface area (Å²) in [6.45, 7) is 10.6. The minimum atomic E-state index is -0.817. The number of hydrogen-bond acceptors (Lipinski definition) is 2. The minimum absolute atomic E-state index is 0.157. The second-order valence-corrected chi connectivity index (χ2v) is 3.33. The molecule has 4 heteroatoms. The maximum Gasteiger partial charge on any atom is 0.311 e. The Morgan fingerprint density at radius 2 is 2.41 bits per heavy atom. The van der Waals surface area contributed by atoms with E-state index >= 15 is 0 Å². The van der Waals surface area contributed by atoms with Gasteiger partial charge in [-0.25, -0.2) is 11.0 Å². The second kappa shape index (κ2) is 6.30. The van der Waals surface area contributed by atoms with Gasteiger partial charge in [0.2, 0.25) is 0 Å². The van der Waals surface area contributed by atoms with Crippen LogP contribution in [0.5, 0.6) is 5.75 Å². The van der Waals surface area contributed by atoms with Gasteiger partial charge in [0, 0.05) is 5.56 Å². The Balaban J connectivity index is 2.95. The molecule has 86 valence electrons. The predicted molar refractivity (Wildman–Crippen MR) is 61.8 cm³/mol. The lowest BCUT2D eigenvalue weighted by molar-refractivity contribution is 0.358. The Labute approximate surface area is 99.6 Å². The summed E-state index contributed by atoms with van der Waals surface area (Å²) < 4.78 is 18.4. The van der Waals surface area contributed by atoms with E-state index in [1.807, 2.05) is 6.07 Å². The molecule has 0 saturated heterocycles. The molecule has 0 aliphatic rings. The van der Waals surface area contributed by atoms with Crippen molar-refractivity contribution in [1.82, 2.24) is 0 Å². The Morgan fingerprint density at radius 3 is 3.00 bits per heavy atom. The molecule has 0 aromatic heterocycles. The van der Waals surface area contributed by atoms with Gasteiger partial charge in [0.15, 0.2) is 6.07 Å². The molecular weight excluding hydrogens is 219 g/mol. The quantitative estimate of drug-likeness (QED) is 0.576. The van der Waals surface area contributed by atoms with Gasteiger partial charge in [-0.3, -0.25) is 4.85 Å². The van der Waals surface area contributed by atoms with Gasteiger partial charge in [0.25, 0.3) is 0 Å². The zero-order valence-corrected chi connectivity index (χ0v) is 9.19. The van der Waals surface area contributed by atoms with Gasteiger partial charge in [-0.1, -0.05) is 12.7 Å². The average molecular weight is 230 g/mol. The zero-order chi connectivity index (χ0) is 12.7. The molecule has 1 aromatic carbocycles. The van der Waals surface area contributed by atoms with Gasteiger partial charge in [-0.2, -0.15) is 5.26 Å². The second-order valence-electron chi connectivity index (χ2n) is 3.33. The lowest BCUT2D eigenvalue weighted by atomic mass is 10.1. The van der Waals surface area contributed by atoms with Crippen LogP contribution in [0.2, 0.25) is 0 Å². The maximum absolute atomic E-state index is 13.1. The number of rotatable bonds is 5. The summed E-state index contributed by atoms with van der Waals surface area (Å²) in [6.07, 6.45) is 1.73. The van der Waals surface area contributed by atoms with Crippen molar-refractivity contribution in [3.05, 3.63) is 53.7 Å². The molecular formula is C13H11FN2O. The number of ether oxygens (including phenoxy) is 1. The van der Waals surface area contributed by atoms with Gasteiger partial charge < -0.3 is 4.74 Å². The van der Waals surface area contributed by atoms with Crippen LogP contribution < -0.4 is 4.74 Å². The van der Waals surface area contributed by atoms with Crippen LogP contribution in [0, 0.1) is 23.7 Å². The first-order valence-corrected chi connectivity index (χ1v) is 4.99. The van der Waals surface area contributed by atoms with Crippen LogP contribution in [0.1, 0.15) is 5.56 Å². The maximum atomic E-state index is 13.1. The van der Waals surface area contributed by atoms with Gasteiger partial charge in [-0.15, -0.1) is 0 Å². The van der Waals surface area contributed by atoms with Crippen molar-refractivity contribution in [3.8, 4) is 11.8 Å². The SMILES string of the molecule is [C-]#[N+]C(C#N)Cc1cc(F)ccc1OCC=C. The van der Waals surface area contributed by atoms with Gasteiger partial charge in [-0.05, 0) is 18.2 Å². The topological polar surface area (TPSA) is 37.4 Å². The van der Waals surface area contributed by atoms with Crippen molar-refractivity contribution < 1.29 is 9.13 Å². The molecule has 1 rings (SSSR count). The van der Waals surface area contributed by atoms with Crippen LogP contribution in [-0.2, 0) is 6.42 Å². The molecule has 0 aliphatic heterocycles. The first-order chi connectivity index (χ1) is 8.21. The zero-order valence-electron chi connectivity index (χ0n) is 9.19. The van der Waals surface area contributed by atoms with E-state index in [0.717, 1.165) is 0 Å². The number of hydrogen-bond donors (Lipinski definition) is 0. The van der Waals surface area contributed by atoms with Crippen LogP contribution in [0.4, 0.5) is 4.39 Å². The summed E-state index contributed by atoms with van der Waals surface area (Å²) in [5.74, 6) is 0.0721. The van der Waals surface area contributed by atoms with Crippen molar-refractivity contribution in [3.63, 3.8) is 0 Å². The Hall–Kier alpha value is -2.33. The van der Waals surface area contributed by atoms with Gasteiger partial charge in [0.1, 0.15) is 18.2 Å². The molecule has 0 heterocycles. The van der Waals surface area contributed by atoms with E-state index in [-0.39, 0.29) is 6.42 Å². The molecule has 0 amide bonds. The number of benzene rings is 1. The van der Waals surface area contributed by atoms with Crippen molar-refractivity contribution in [2.45, 2.75) is 12.5 Å². The average Bonchev–Trinajstić information content (AvgIpc) is 2.35. The molecule has 0 spiro atoms. The van der Waals surface area contributed by atoms with Crippen LogP contribution in [0.15, 0.2) is 30.9 Å². The summed E-state index contributed by atoms with van der Waals surface area (Å²) in [7, 11) is 0. The highest BCUT2D eigenvalue weighted by molar-refractivity contribution is 5.36. The standard InChI is InChI=1S/C13H11FN2O/c1-3-6-17-13-5-4-11(14)7-10(13)8-12(9-15)16-2/h3-5,7,12H,1,6,8H2. The third-order valence-corrected chi connectivity index (χ3v) is 2.10. The molecule has 1 atom stereocenters. The molecule has 17 heavy (non-hydrogen) atoms. The Bertz CT molecular complexity index is 471. The van der Waals surface area contributed by atoms with Crippen LogP contribution in [0.25, 0.3) is 4.85 Å². The summed E-state index contributed by atoms with van der Waals surface area (Å²) >= 11 is 0. The van der Waals surface area contributed by atoms with E-state index in [9.17, 15) is 4.39 Å². The van der Waals surface area contributed by atoms with E-state index in [2.05, 4.69) is 11.4 Å². The lowest BCUT2D eigenvalue weighted by Gasteiger charge is -2.09. The molecule has 0 aliphatic carbocycles.